The van der Waals surface area contributed by atoms with Crippen molar-refractivity contribution in [1.29, 1.82) is 5.26 Å². The Morgan fingerprint density at radius 2 is 1.88 bits per heavy atom. The van der Waals surface area contributed by atoms with Crippen LogP contribution in [-0.4, -0.2) is 12.5 Å². The highest BCUT2D eigenvalue weighted by Gasteiger charge is 2.25. The van der Waals surface area contributed by atoms with E-state index in [4.69, 9.17) is 5.26 Å². The third-order valence-electron chi connectivity index (χ3n) is 3.85. The van der Waals surface area contributed by atoms with Crippen molar-refractivity contribution in [3.63, 3.8) is 0 Å². The molecule has 0 bridgehead atoms. The molecule has 0 fully saturated rings. The molecule has 2 aromatic carbocycles. The number of hydrogen-bond acceptors (Lipinski definition) is 2. The predicted octanol–water partition coefficient (Wildman–Crippen LogP) is 4.26. The van der Waals surface area contributed by atoms with Crippen LogP contribution < -0.4 is 5.32 Å². The van der Waals surface area contributed by atoms with Crippen molar-refractivity contribution >= 4 is 5.91 Å². The fourth-order valence-corrected chi connectivity index (χ4v) is 2.76. The van der Waals surface area contributed by atoms with Crippen LogP contribution in [0.5, 0.6) is 0 Å². The van der Waals surface area contributed by atoms with Gasteiger partial charge in [-0.15, -0.1) is 0 Å². The van der Waals surface area contributed by atoms with Gasteiger partial charge in [-0.1, -0.05) is 62.4 Å². The fraction of sp³-hybridized carbons (Fsp3) is 0.300. The number of nitrogens with one attached hydrogen (secondary N) is 1. The number of carbonyl (C=O) groups is 1. The first-order chi connectivity index (χ1) is 11.5. The van der Waals surface area contributed by atoms with Crippen molar-refractivity contribution in [2.45, 2.75) is 26.2 Å². The second kappa shape index (κ2) is 8.26. The highest BCUT2D eigenvalue weighted by molar-refractivity contribution is 5.84. The predicted molar refractivity (Wildman–Crippen MR) is 92.7 cm³/mol. The van der Waals surface area contributed by atoms with Gasteiger partial charge in [-0.25, -0.2) is 4.39 Å². The quantitative estimate of drug-likeness (QED) is 0.807. The third kappa shape index (κ3) is 4.20. The van der Waals surface area contributed by atoms with Crippen LogP contribution in [0.2, 0.25) is 0 Å². The van der Waals surface area contributed by atoms with Crippen molar-refractivity contribution in [2.75, 3.05) is 6.54 Å². The SMILES string of the molecule is CC(C)CC(C(=O)NCC#N)c1cccc(-c2ccccc2)c1F. The lowest BCUT2D eigenvalue weighted by Gasteiger charge is -2.20. The number of amides is 1. The molecule has 0 aromatic heterocycles. The van der Waals surface area contributed by atoms with E-state index < -0.39 is 5.92 Å². The summed E-state index contributed by atoms with van der Waals surface area (Å²) in [6, 6.07) is 16.3. The second-order valence-corrected chi connectivity index (χ2v) is 6.13. The molecule has 0 aliphatic rings. The topological polar surface area (TPSA) is 52.9 Å². The molecule has 0 spiro atoms. The van der Waals surface area contributed by atoms with E-state index in [0.29, 0.717) is 17.5 Å². The van der Waals surface area contributed by atoms with Gasteiger partial charge in [-0.3, -0.25) is 4.79 Å². The Morgan fingerprint density at radius 3 is 2.50 bits per heavy atom. The Kier molecular flexibility index (Phi) is 6.08. The van der Waals surface area contributed by atoms with E-state index in [-0.39, 0.29) is 24.2 Å². The molecular weight excluding hydrogens is 303 g/mol. The van der Waals surface area contributed by atoms with Crippen molar-refractivity contribution in [3.05, 3.63) is 59.9 Å². The molecule has 0 aliphatic carbocycles. The van der Waals surface area contributed by atoms with E-state index >= 15 is 4.39 Å². The van der Waals surface area contributed by atoms with Crippen molar-refractivity contribution in [3.8, 4) is 17.2 Å². The highest BCUT2D eigenvalue weighted by atomic mass is 19.1. The Labute approximate surface area is 142 Å². The van der Waals surface area contributed by atoms with Gasteiger partial charge in [0.1, 0.15) is 12.4 Å². The van der Waals surface area contributed by atoms with Crippen LogP contribution in [0.25, 0.3) is 11.1 Å². The maximum Gasteiger partial charge on any atom is 0.228 e. The molecule has 1 N–H and O–H groups in total. The minimum absolute atomic E-state index is 0.0760. The highest BCUT2D eigenvalue weighted by Crippen LogP contribution is 2.32. The summed E-state index contributed by atoms with van der Waals surface area (Å²) in [5.41, 5.74) is 1.63. The maximum absolute atomic E-state index is 15.1. The average molecular weight is 324 g/mol. The van der Waals surface area contributed by atoms with Crippen molar-refractivity contribution < 1.29 is 9.18 Å². The molecule has 4 heteroatoms. The zero-order valence-corrected chi connectivity index (χ0v) is 13.9. The number of carbonyl (C=O) groups excluding carboxylic acids is 1. The lowest BCUT2D eigenvalue weighted by molar-refractivity contribution is -0.122. The average Bonchev–Trinajstić information content (AvgIpc) is 2.58. The molecule has 1 unspecified atom stereocenters. The van der Waals surface area contributed by atoms with Crippen molar-refractivity contribution in [1.82, 2.24) is 5.32 Å². The lowest BCUT2D eigenvalue weighted by atomic mass is 9.87. The van der Waals surface area contributed by atoms with E-state index in [2.05, 4.69) is 5.32 Å². The number of benzene rings is 2. The first-order valence-electron chi connectivity index (χ1n) is 8.03. The number of hydrogen-bond donors (Lipinski definition) is 1. The van der Waals surface area contributed by atoms with Gasteiger partial charge in [0.2, 0.25) is 5.91 Å². The Morgan fingerprint density at radius 1 is 1.17 bits per heavy atom. The molecule has 0 saturated carbocycles. The van der Waals surface area contributed by atoms with E-state index in [1.807, 2.05) is 50.2 Å². The Balaban J connectivity index is 2.43. The molecule has 1 atom stereocenters. The summed E-state index contributed by atoms with van der Waals surface area (Å²) >= 11 is 0. The normalized spacial score (nSPS) is 11.8. The summed E-state index contributed by atoms with van der Waals surface area (Å²) in [5, 5.41) is 11.2. The molecule has 2 aromatic rings. The van der Waals surface area contributed by atoms with Crippen LogP contribution in [-0.2, 0) is 4.79 Å². The van der Waals surface area contributed by atoms with E-state index in [1.54, 1.807) is 18.2 Å². The summed E-state index contributed by atoms with van der Waals surface area (Å²) in [6.07, 6.45) is 0.520. The zero-order chi connectivity index (χ0) is 17.5. The van der Waals surface area contributed by atoms with E-state index in [0.717, 1.165) is 5.56 Å². The number of nitriles is 1. The molecule has 0 heterocycles. The number of nitrogens with zero attached hydrogens (tertiary/aromatic N) is 1. The summed E-state index contributed by atoms with van der Waals surface area (Å²) in [5.74, 6) is -1.07. The monoisotopic (exact) mass is 324 g/mol. The first kappa shape index (κ1) is 17.7. The lowest BCUT2D eigenvalue weighted by Crippen LogP contribution is -2.31. The van der Waals surface area contributed by atoms with Crippen molar-refractivity contribution in [2.24, 2.45) is 5.92 Å². The minimum atomic E-state index is -0.609. The minimum Gasteiger partial charge on any atom is -0.342 e. The molecule has 124 valence electrons. The maximum atomic E-state index is 15.1. The van der Waals surface area contributed by atoms with E-state index in [1.165, 1.54) is 0 Å². The summed E-state index contributed by atoms with van der Waals surface area (Å²) in [7, 11) is 0. The van der Waals surface area contributed by atoms with Crippen LogP contribution in [0.4, 0.5) is 4.39 Å². The Hall–Kier alpha value is -2.67. The van der Waals surface area contributed by atoms with Gasteiger partial charge in [0, 0.05) is 11.1 Å². The largest absolute Gasteiger partial charge is 0.342 e. The molecule has 0 aliphatic heterocycles. The smallest absolute Gasteiger partial charge is 0.228 e. The van der Waals surface area contributed by atoms with Gasteiger partial charge in [0.15, 0.2) is 0 Å². The van der Waals surface area contributed by atoms with Gasteiger partial charge >= 0.3 is 0 Å². The van der Waals surface area contributed by atoms with Gasteiger partial charge in [0.05, 0.1) is 12.0 Å². The van der Waals surface area contributed by atoms with Crippen LogP contribution in [0.15, 0.2) is 48.5 Å². The molecule has 24 heavy (non-hydrogen) atoms. The standard InChI is InChI=1S/C20H21FN2O/c1-14(2)13-18(20(24)23-12-11-22)17-10-6-9-16(19(17)21)15-7-4-3-5-8-15/h3-10,14,18H,12-13H2,1-2H3,(H,23,24). The summed E-state index contributed by atoms with van der Waals surface area (Å²) < 4.78 is 15.1. The third-order valence-corrected chi connectivity index (χ3v) is 3.85. The summed E-state index contributed by atoms with van der Waals surface area (Å²) in [4.78, 5) is 12.4. The molecule has 0 saturated heterocycles. The van der Waals surface area contributed by atoms with Crippen LogP contribution in [0.3, 0.4) is 0 Å². The molecular formula is C20H21FN2O. The van der Waals surface area contributed by atoms with Gasteiger partial charge in [-0.05, 0) is 17.9 Å². The van der Waals surface area contributed by atoms with Gasteiger partial charge in [0.25, 0.3) is 0 Å². The van der Waals surface area contributed by atoms with Crippen LogP contribution in [0.1, 0.15) is 31.7 Å². The summed E-state index contributed by atoms with van der Waals surface area (Å²) in [6.45, 7) is 3.90. The number of rotatable bonds is 6. The molecule has 3 nitrogen and oxygen atoms in total. The molecule has 1 amide bonds. The number of halogens is 1. The van der Waals surface area contributed by atoms with Crippen LogP contribution in [0, 0.1) is 23.1 Å². The van der Waals surface area contributed by atoms with Crippen LogP contribution >= 0.6 is 0 Å². The van der Waals surface area contributed by atoms with Gasteiger partial charge < -0.3 is 5.32 Å². The Bertz CT molecular complexity index is 735. The molecule has 0 radical (unpaired) electrons. The first-order valence-corrected chi connectivity index (χ1v) is 8.03. The second-order valence-electron chi connectivity index (χ2n) is 6.13. The zero-order valence-electron chi connectivity index (χ0n) is 13.9. The van der Waals surface area contributed by atoms with E-state index in [9.17, 15) is 4.79 Å². The molecule has 2 rings (SSSR count). The fourth-order valence-electron chi connectivity index (χ4n) is 2.76. The van der Waals surface area contributed by atoms with Gasteiger partial charge in [-0.2, -0.15) is 5.26 Å².